The highest BCUT2D eigenvalue weighted by Crippen LogP contribution is 2.29. The number of unbranched alkanes of at least 4 members (excludes halogenated alkanes) is 1. The highest BCUT2D eigenvalue weighted by Gasteiger charge is 2.40. The van der Waals surface area contributed by atoms with Crippen molar-refractivity contribution in [2.45, 2.75) is 76.4 Å². The standard InChI is InChI=1S/C16H30N2O2/c1-4-5-11-18(14-8-9-14)12-10-16(2,15(19)20-3)17-13-6-7-13/h13-14,17H,4-12H2,1-3H3. The molecule has 0 aromatic rings. The normalized spacial score (nSPS) is 21.8. The molecule has 2 rings (SSSR count). The van der Waals surface area contributed by atoms with Gasteiger partial charge in [-0.05, 0) is 52.0 Å². The van der Waals surface area contributed by atoms with Gasteiger partial charge in [-0.3, -0.25) is 10.1 Å². The van der Waals surface area contributed by atoms with Crippen molar-refractivity contribution >= 4 is 5.97 Å². The first kappa shape index (κ1) is 15.8. The van der Waals surface area contributed by atoms with E-state index in [0.717, 1.165) is 19.0 Å². The second-order valence-electron chi connectivity index (χ2n) is 6.61. The van der Waals surface area contributed by atoms with Gasteiger partial charge >= 0.3 is 5.97 Å². The van der Waals surface area contributed by atoms with Gasteiger partial charge in [-0.15, -0.1) is 0 Å². The van der Waals surface area contributed by atoms with Crippen LogP contribution >= 0.6 is 0 Å². The predicted octanol–water partition coefficient (Wildman–Crippen LogP) is 2.32. The van der Waals surface area contributed by atoms with E-state index in [4.69, 9.17) is 4.74 Å². The van der Waals surface area contributed by atoms with Gasteiger partial charge in [0.2, 0.25) is 0 Å². The summed E-state index contributed by atoms with van der Waals surface area (Å²) in [6.07, 6.45) is 8.36. The molecular formula is C16H30N2O2. The summed E-state index contributed by atoms with van der Waals surface area (Å²) in [7, 11) is 1.49. The van der Waals surface area contributed by atoms with E-state index in [9.17, 15) is 4.79 Å². The monoisotopic (exact) mass is 282 g/mol. The number of ether oxygens (including phenoxy) is 1. The summed E-state index contributed by atoms with van der Waals surface area (Å²) in [5.74, 6) is -0.115. The molecule has 0 heterocycles. The van der Waals surface area contributed by atoms with Crippen LogP contribution in [0.2, 0.25) is 0 Å². The maximum absolute atomic E-state index is 12.1. The molecule has 116 valence electrons. The fourth-order valence-electron chi connectivity index (χ4n) is 2.78. The van der Waals surface area contributed by atoms with Gasteiger partial charge in [0, 0.05) is 18.6 Å². The van der Waals surface area contributed by atoms with Gasteiger partial charge in [-0.25, -0.2) is 0 Å². The van der Waals surface area contributed by atoms with Gasteiger partial charge in [-0.1, -0.05) is 13.3 Å². The van der Waals surface area contributed by atoms with Crippen molar-refractivity contribution in [1.29, 1.82) is 0 Å². The predicted molar refractivity (Wildman–Crippen MR) is 80.7 cm³/mol. The highest BCUT2D eigenvalue weighted by atomic mass is 16.5. The lowest BCUT2D eigenvalue weighted by molar-refractivity contribution is -0.148. The largest absolute Gasteiger partial charge is 0.468 e. The molecule has 0 bridgehead atoms. The molecule has 4 nitrogen and oxygen atoms in total. The molecular weight excluding hydrogens is 252 g/mol. The molecule has 0 aromatic heterocycles. The molecule has 0 radical (unpaired) electrons. The fourth-order valence-corrected chi connectivity index (χ4v) is 2.78. The number of nitrogens with one attached hydrogen (secondary N) is 1. The number of methoxy groups -OCH3 is 1. The highest BCUT2D eigenvalue weighted by molar-refractivity contribution is 5.80. The first-order valence-electron chi connectivity index (χ1n) is 8.19. The number of hydrogen-bond acceptors (Lipinski definition) is 4. The van der Waals surface area contributed by atoms with Gasteiger partial charge in [0.15, 0.2) is 0 Å². The van der Waals surface area contributed by atoms with Crippen LogP contribution in [0.25, 0.3) is 0 Å². The number of hydrogen-bond donors (Lipinski definition) is 1. The minimum Gasteiger partial charge on any atom is -0.468 e. The van der Waals surface area contributed by atoms with Crippen molar-refractivity contribution in [1.82, 2.24) is 10.2 Å². The molecule has 2 aliphatic rings. The number of carbonyl (C=O) groups is 1. The molecule has 0 amide bonds. The lowest BCUT2D eigenvalue weighted by Gasteiger charge is -2.31. The van der Waals surface area contributed by atoms with Crippen molar-refractivity contribution in [2.24, 2.45) is 0 Å². The second-order valence-corrected chi connectivity index (χ2v) is 6.61. The van der Waals surface area contributed by atoms with Crippen LogP contribution < -0.4 is 5.32 Å². The number of rotatable bonds is 10. The molecule has 2 fully saturated rings. The maximum atomic E-state index is 12.1. The summed E-state index contributed by atoms with van der Waals surface area (Å²) < 4.78 is 5.01. The van der Waals surface area contributed by atoms with E-state index < -0.39 is 5.54 Å². The minimum atomic E-state index is -0.519. The van der Waals surface area contributed by atoms with Gasteiger partial charge in [0.1, 0.15) is 5.54 Å². The number of esters is 1. The smallest absolute Gasteiger partial charge is 0.325 e. The van der Waals surface area contributed by atoms with Crippen LogP contribution in [-0.4, -0.2) is 48.7 Å². The number of carbonyl (C=O) groups excluding carboxylic acids is 1. The topological polar surface area (TPSA) is 41.6 Å². The Hall–Kier alpha value is -0.610. The first-order chi connectivity index (χ1) is 9.59. The lowest BCUT2D eigenvalue weighted by Crippen LogP contribution is -2.53. The Bertz CT molecular complexity index is 326. The summed E-state index contributed by atoms with van der Waals surface area (Å²) in [6, 6.07) is 1.29. The average molecular weight is 282 g/mol. The van der Waals surface area contributed by atoms with E-state index >= 15 is 0 Å². The third kappa shape index (κ3) is 4.45. The van der Waals surface area contributed by atoms with Crippen LogP contribution in [0.1, 0.15) is 58.8 Å². The van der Waals surface area contributed by atoms with Crippen molar-refractivity contribution in [3.63, 3.8) is 0 Å². The molecule has 4 heteroatoms. The summed E-state index contributed by atoms with van der Waals surface area (Å²) in [5, 5.41) is 3.49. The average Bonchev–Trinajstić information content (AvgIpc) is 3.31. The van der Waals surface area contributed by atoms with Gasteiger partial charge in [0.05, 0.1) is 7.11 Å². The van der Waals surface area contributed by atoms with E-state index in [2.05, 4.69) is 17.1 Å². The molecule has 0 aliphatic heterocycles. The lowest BCUT2D eigenvalue weighted by atomic mass is 9.97. The summed E-state index contributed by atoms with van der Waals surface area (Å²) >= 11 is 0. The van der Waals surface area contributed by atoms with Crippen molar-refractivity contribution in [3.05, 3.63) is 0 Å². The Labute approximate surface area is 123 Å². The Morgan fingerprint density at radius 3 is 2.50 bits per heavy atom. The molecule has 2 aliphatic carbocycles. The maximum Gasteiger partial charge on any atom is 0.325 e. The van der Waals surface area contributed by atoms with Crippen LogP contribution in [0.5, 0.6) is 0 Å². The zero-order valence-corrected chi connectivity index (χ0v) is 13.3. The first-order valence-corrected chi connectivity index (χ1v) is 8.19. The third-order valence-corrected chi connectivity index (χ3v) is 4.50. The third-order valence-electron chi connectivity index (χ3n) is 4.50. The Morgan fingerprint density at radius 1 is 1.30 bits per heavy atom. The molecule has 2 saturated carbocycles. The van der Waals surface area contributed by atoms with E-state index in [1.807, 2.05) is 6.92 Å². The van der Waals surface area contributed by atoms with Crippen molar-refractivity contribution < 1.29 is 9.53 Å². The fraction of sp³-hybridized carbons (Fsp3) is 0.938. The summed E-state index contributed by atoms with van der Waals surface area (Å²) in [4.78, 5) is 14.7. The summed E-state index contributed by atoms with van der Waals surface area (Å²) in [5.41, 5.74) is -0.519. The van der Waals surface area contributed by atoms with E-state index in [0.29, 0.717) is 6.04 Å². The van der Waals surface area contributed by atoms with E-state index in [1.54, 1.807) is 0 Å². The Kier molecular flexibility index (Phi) is 5.44. The molecule has 20 heavy (non-hydrogen) atoms. The molecule has 0 aromatic carbocycles. The molecule has 1 atom stereocenters. The zero-order chi connectivity index (χ0) is 14.6. The zero-order valence-electron chi connectivity index (χ0n) is 13.3. The van der Waals surface area contributed by atoms with Gasteiger partial charge in [-0.2, -0.15) is 0 Å². The van der Waals surface area contributed by atoms with Crippen LogP contribution in [0.3, 0.4) is 0 Å². The quantitative estimate of drug-likeness (QED) is 0.624. The molecule has 0 spiro atoms. The Balaban J connectivity index is 1.86. The number of nitrogens with zero attached hydrogens (tertiary/aromatic N) is 1. The second kappa shape index (κ2) is 6.90. The SMILES string of the molecule is CCCCN(CCC(C)(NC1CC1)C(=O)OC)C1CC1. The molecule has 1 N–H and O–H groups in total. The van der Waals surface area contributed by atoms with Gasteiger partial charge in [0.25, 0.3) is 0 Å². The van der Waals surface area contributed by atoms with Crippen LogP contribution in [0.4, 0.5) is 0 Å². The van der Waals surface area contributed by atoms with E-state index in [-0.39, 0.29) is 5.97 Å². The van der Waals surface area contributed by atoms with Crippen molar-refractivity contribution in [2.75, 3.05) is 20.2 Å². The Morgan fingerprint density at radius 2 is 2.00 bits per heavy atom. The van der Waals surface area contributed by atoms with Crippen LogP contribution in [0, 0.1) is 0 Å². The van der Waals surface area contributed by atoms with Crippen LogP contribution in [-0.2, 0) is 9.53 Å². The molecule has 0 saturated heterocycles. The molecule has 1 unspecified atom stereocenters. The minimum absolute atomic E-state index is 0.115. The van der Waals surface area contributed by atoms with E-state index in [1.165, 1.54) is 52.2 Å². The summed E-state index contributed by atoms with van der Waals surface area (Å²) in [6.45, 7) is 6.40. The van der Waals surface area contributed by atoms with Crippen molar-refractivity contribution in [3.8, 4) is 0 Å². The van der Waals surface area contributed by atoms with Gasteiger partial charge < -0.3 is 9.64 Å². The van der Waals surface area contributed by atoms with Crippen LogP contribution in [0.15, 0.2) is 0 Å².